The first-order chi connectivity index (χ1) is 14.5. The molecule has 0 bridgehead atoms. The number of pyridine rings is 1. The number of rotatable bonds is 6. The normalized spacial score (nSPS) is 16.5. The number of nitrogens with one attached hydrogen (secondary N) is 2. The van der Waals surface area contributed by atoms with Gasteiger partial charge in [-0.3, -0.25) is 0 Å². The van der Waals surface area contributed by atoms with Crippen molar-refractivity contribution >= 4 is 22.9 Å². The fourth-order valence-corrected chi connectivity index (χ4v) is 3.97. The van der Waals surface area contributed by atoms with Crippen molar-refractivity contribution in [3.63, 3.8) is 0 Å². The maximum Gasteiger partial charge on any atom is 0.319 e. The van der Waals surface area contributed by atoms with Crippen LogP contribution in [0, 0.1) is 0 Å². The van der Waals surface area contributed by atoms with Crippen LogP contribution in [0.2, 0.25) is 0 Å². The zero-order valence-electron chi connectivity index (χ0n) is 17.2. The highest BCUT2D eigenvalue weighted by Gasteiger charge is 2.32. The number of fused-ring (bicyclic) bond motifs is 1. The third-order valence-electron chi connectivity index (χ3n) is 5.72. The number of hydrogen-bond acceptors (Lipinski definition) is 5. The molecule has 2 aromatic heterocycles. The summed E-state index contributed by atoms with van der Waals surface area (Å²) in [5, 5.41) is 16.6. The highest BCUT2D eigenvalue weighted by Crippen LogP contribution is 2.26. The number of imidazole rings is 1. The summed E-state index contributed by atoms with van der Waals surface area (Å²) >= 11 is 0. The molecule has 1 fully saturated rings. The Morgan fingerprint density at radius 2 is 1.93 bits per heavy atom. The summed E-state index contributed by atoms with van der Waals surface area (Å²) in [6.45, 7) is 2.95. The summed E-state index contributed by atoms with van der Waals surface area (Å²) in [7, 11) is 1.87. The van der Waals surface area contributed by atoms with E-state index in [9.17, 15) is 9.90 Å². The van der Waals surface area contributed by atoms with Crippen LogP contribution in [0.4, 0.5) is 10.5 Å². The van der Waals surface area contributed by atoms with Crippen molar-refractivity contribution in [2.24, 2.45) is 7.05 Å². The Morgan fingerprint density at radius 3 is 2.70 bits per heavy atom. The number of aromatic nitrogens is 3. The average molecular weight is 409 g/mol. The van der Waals surface area contributed by atoms with Crippen LogP contribution >= 0.6 is 0 Å². The minimum atomic E-state index is -0.641. The number of anilines is 1. The van der Waals surface area contributed by atoms with E-state index in [1.165, 1.54) is 5.56 Å². The number of aliphatic hydroxyl groups is 1. The topological polar surface area (TPSA) is 95.3 Å². The van der Waals surface area contributed by atoms with E-state index in [4.69, 9.17) is 0 Å². The van der Waals surface area contributed by atoms with Crippen LogP contribution in [0.25, 0.3) is 11.2 Å². The molecule has 3 heterocycles. The monoisotopic (exact) mass is 408 g/mol. The summed E-state index contributed by atoms with van der Waals surface area (Å²) in [5.41, 5.74) is 2.57. The van der Waals surface area contributed by atoms with Crippen LogP contribution < -0.4 is 10.6 Å². The van der Waals surface area contributed by atoms with Crippen molar-refractivity contribution in [1.29, 1.82) is 0 Å². The van der Waals surface area contributed by atoms with Gasteiger partial charge in [-0.1, -0.05) is 30.3 Å². The molecule has 3 aromatic rings. The van der Waals surface area contributed by atoms with Gasteiger partial charge in [0.15, 0.2) is 5.65 Å². The Morgan fingerprint density at radius 1 is 1.17 bits per heavy atom. The lowest BCUT2D eigenvalue weighted by Gasteiger charge is -2.38. The number of piperidine rings is 1. The van der Waals surface area contributed by atoms with Crippen molar-refractivity contribution in [2.75, 3.05) is 31.5 Å². The summed E-state index contributed by atoms with van der Waals surface area (Å²) < 4.78 is 1.81. The molecule has 158 valence electrons. The molecule has 8 nitrogen and oxygen atoms in total. The number of hydrogen-bond donors (Lipinski definition) is 3. The van der Waals surface area contributed by atoms with Gasteiger partial charge in [0, 0.05) is 45.8 Å². The molecule has 0 unspecified atom stereocenters. The molecular formula is C22H28N6O2. The molecule has 0 atom stereocenters. The number of likely N-dealkylation sites (tertiary alicyclic amines) is 1. The molecule has 4 rings (SSSR count). The first-order valence-corrected chi connectivity index (χ1v) is 10.3. The Bertz CT molecular complexity index is 995. The molecule has 0 radical (unpaired) electrons. The number of amides is 2. The van der Waals surface area contributed by atoms with Crippen molar-refractivity contribution in [3.8, 4) is 0 Å². The highest BCUT2D eigenvalue weighted by molar-refractivity contribution is 5.97. The van der Waals surface area contributed by atoms with E-state index in [-0.39, 0.29) is 6.03 Å². The van der Waals surface area contributed by atoms with Gasteiger partial charge in [-0.25, -0.2) is 14.8 Å². The third-order valence-corrected chi connectivity index (χ3v) is 5.72. The Kier molecular flexibility index (Phi) is 5.96. The molecule has 2 amide bonds. The van der Waals surface area contributed by atoms with E-state index in [1.807, 2.05) is 29.8 Å². The Labute approximate surface area is 175 Å². The minimum Gasteiger partial charge on any atom is -0.389 e. The van der Waals surface area contributed by atoms with Crippen LogP contribution in [0.5, 0.6) is 0 Å². The molecule has 0 aliphatic carbocycles. The van der Waals surface area contributed by atoms with Crippen molar-refractivity contribution < 1.29 is 9.90 Å². The minimum absolute atomic E-state index is 0.259. The van der Waals surface area contributed by atoms with Gasteiger partial charge in [0.25, 0.3) is 0 Å². The van der Waals surface area contributed by atoms with Gasteiger partial charge in [-0.2, -0.15) is 0 Å². The van der Waals surface area contributed by atoms with E-state index in [2.05, 4.69) is 37.6 Å². The third kappa shape index (κ3) is 4.77. The van der Waals surface area contributed by atoms with E-state index < -0.39 is 5.60 Å². The van der Waals surface area contributed by atoms with Crippen LogP contribution in [-0.4, -0.2) is 62.4 Å². The first-order valence-electron chi connectivity index (χ1n) is 10.3. The zero-order valence-corrected chi connectivity index (χ0v) is 17.2. The van der Waals surface area contributed by atoms with E-state index in [0.29, 0.717) is 24.2 Å². The molecule has 30 heavy (non-hydrogen) atoms. The van der Waals surface area contributed by atoms with Crippen molar-refractivity contribution in [2.45, 2.75) is 24.9 Å². The molecule has 1 saturated heterocycles. The van der Waals surface area contributed by atoms with Crippen molar-refractivity contribution in [3.05, 3.63) is 54.5 Å². The number of urea groups is 1. The fraction of sp³-hybridized carbons (Fsp3) is 0.409. The highest BCUT2D eigenvalue weighted by atomic mass is 16.3. The first kappa shape index (κ1) is 20.3. The maximum atomic E-state index is 12.3. The number of nitrogens with zero attached hydrogens (tertiary/aromatic N) is 4. The average Bonchev–Trinajstić information content (AvgIpc) is 3.12. The second-order valence-corrected chi connectivity index (χ2v) is 8.00. The summed E-state index contributed by atoms with van der Waals surface area (Å²) in [4.78, 5) is 23.1. The SMILES string of the molecule is Cn1cnc2c(NC(=O)NCCN3CCC(O)(Cc4ccccc4)CC3)ccnc21. The van der Waals surface area contributed by atoms with Gasteiger partial charge in [-0.15, -0.1) is 0 Å². The molecular weight excluding hydrogens is 380 g/mol. The number of carbonyl (C=O) groups excluding carboxylic acids is 1. The lowest BCUT2D eigenvalue weighted by atomic mass is 9.85. The number of carbonyl (C=O) groups is 1. The van der Waals surface area contributed by atoms with Crippen LogP contribution in [0.3, 0.4) is 0 Å². The van der Waals surface area contributed by atoms with Crippen LogP contribution in [-0.2, 0) is 13.5 Å². The lowest BCUT2D eigenvalue weighted by Crippen LogP contribution is -2.47. The van der Waals surface area contributed by atoms with E-state index in [0.717, 1.165) is 38.1 Å². The van der Waals surface area contributed by atoms with Gasteiger partial charge in [-0.05, 0) is 24.5 Å². The van der Waals surface area contributed by atoms with Crippen LogP contribution in [0.15, 0.2) is 48.9 Å². The molecule has 0 saturated carbocycles. The number of benzene rings is 1. The predicted octanol–water partition coefficient (Wildman–Crippen LogP) is 2.16. The standard InChI is InChI=1S/C22H28N6O2/c1-27-16-25-19-18(7-10-23-20(19)27)26-21(29)24-11-14-28-12-8-22(30,9-13-28)15-17-5-3-2-4-6-17/h2-7,10,16,30H,8-9,11-15H2,1H3,(H2,23,24,26,29). The summed E-state index contributed by atoms with van der Waals surface area (Å²) in [6, 6.07) is 11.6. The Hall–Kier alpha value is -2.97. The molecule has 1 aromatic carbocycles. The molecule has 1 aliphatic heterocycles. The van der Waals surface area contributed by atoms with E-state index >= 15 is 0 Å². The lowest BCUT2D eigenvalue weighted by molar-refractivity contribution is -0.0201. The summed E-state index contributed by atoms with van der Waals surface area (Å²) in [5.74, 6) is 0. The van der Waals surface area contributed by atoms with Crippen LogP contribution in [0.1, 0.15) is 18.4 Å². The quantitative estimate of drug-likeness (QED) is 0.581. The van der Waals surface area contributed by atoms with Gasteiger partial charge in [0.05, 0.1) is 17.6 Å². The molecule has 8 heteroatoms. The predicted molar refractivity (Wildman–Crippen MR) is 116 cm³/mol. The maximum absolute atomic E-state index is 12.3. The van der Waals surface area contributed by atoms with Gasteiger partial charge < -0.3 is 25.2 Å². The van der Waals surface area contributed by atoms with Gasteiger partial charge in [0.2, 0.25) is 0 Å². The molecule has 0 spiro atoms. The second-order valence-electron chi connectivity index (χ2n) is 8.00. The number of aryl methyl sites for hydroxylation is 1. The van der Waals surface area contributed by atoms with Gasteiger partial charge >= 0.3 is 6.03 Å². The summed E-state index contributed by atoms with van der Waals surface area (Å²) in [6.07, 6.45) is 5.50. The zero-order chi connectivity index (χ0) is 21.0. The van der Waals surface area contributed by atoms with E-state index in [1.54, 1.807) is 18.6 Å². The van der Waals surface area contributed by atoms with Gasteiger partial charge in [0.1, 0.15) is 5.52 Å². The molecule has 1 aliphatic rings. The molecule has 3 N–H and O–H groups in total. The second kappa shape index (κ2) is 8.81. The van der Waals surface area contributed by atoms with Crippen molar-refractivity contribution in [1.82, 2.24) is 24.8 Å². The smallest absolute Gasteiger partial charge is 0.319 e. The fourth-order valence-electron chi connectivity index (χ4n) is 3.97. The Balaban J connectivity index is 1.21. The largest absolute Gasteiger partial charge is 0.389 e.